The van der Waals surface area contributed by atoms with Gasteiger partial charge in [0, 0.05) is 34.1 Å². The molecule has 10 aromatic rings. The van der Waals surface area contributed by atoms with Crippen molar-refractivity contribution >= 4 is 46.3 Å². The van der Waals surface area contributed by atoms with Gasteiger partial charge in [0.25, 0.3) is 0 Å². The fourth-order valence-electron chi connectivity index (χ4n) is 8.75. The summed E-state index contributed by atoms with van der Waals surface area (Å²) in [5, 5.41) is 0. The van der Waals surface area contributed by atoms with E-state index in [-0.39, 0.29) is 0 Å². The molecule has 0 bridgehead atoms. The summed E-state index contributed by atoms with van der Waals surface area (Å²) in [5.74, 6) is 0. The van der Waals surface area contributed by atoms with Gasteiger partial charge in [-0.25, -0.2) is 0 Å². The molecule has 0 unspecified atom stereocenters. The summed E-state index contributed by atoms with van der Waals surface area (Å²) in [6.07, 6.45) is 3.80. The molecule has 0 atom stereocenters. The van der Waals surface area contributed by atoms with Crippen molar-refractivity contribution < 1.29 is 0 Å². The number of rotatable bonds is 13. The maximum absolute atomic E-state index is 4.07. The molecule has 2 nitrogen and oxygen atoms in total. The van der Waals surface area contributed by atoms with E-state index < -0.39 is 0 Å². The van der Waals surface area contributed by atoms with Crippen molar-refractivity contribution in [1.82, 2.24) is 0 Å². The van der Waals surface area contributed by atoms with Crippen LogP contribution in [0.25, 0.3) is 67.8 Å². The normalized spacial score (nSPS) is 10.8. The quantitative estimate of drug-likeness (QED) is 0.114. The van der Waals surface area contributed by atoms with Gasteiger partial charge < -0.3 is 9.80 Å². The van der Waals surface area contributed by atoms with Crippen molar-refractivity contribution in [3.8, 4) is 55.6 Å². The fraction of sp³-hybridized carbons (Fsp3) is 0. The maximum Gasteiger partial charge on any atom is 0.0467 e. The second kappa shape index (κ2) is 18.9. The van der Waals surface area contributed by atoms with E-state index in [1.165, 1.54) is 33.4 Å². The molecule has 0 N–H and O–H groups in total. The number of hydrogen-bond donors (Lipinski definition) is 0. The first kappa shape index (κ1) is 41.3. The molecule has 0 fully saturated rings. The predicted octanol–water partition coefficient (Wildman–Crippen LogP) is 18.2. The highest BCUT2D eigenvalue weighted by atomic mass is 15.1. The van der Waals surface area contributed by atoms with Gasteiger partial charge in [-0.15, -0.1) is 0 Å². The molecule has 0 aromatic heterocycles. The van der Waals surface area contributed by atoms with Crippen LogP contribution in [0.3, 0.4) is 0 Å². The number of anilines is 6. The van der Waals surface area contributed by atoms with Crippen LogP contribution in [0.15, 0.2) is 268 Å². The average Bonchev–Trinajstić information content (AvgIpc) is 3.40. The Balaban J connectivity index is 0.974. The van der Waals surface area contributed by atoms with Gasteiger partial charge in [-0.1, -0.05) is 195 Å². The Morgan fingerprint density at radius 2 is 0.485 bits per heavy atom. The average molecular weight is 845 g/mol. The van der Waals surface area contributed by atoms with E-state index >= 15 is 0 Å². The SMILES string of the molecule is C=Cc1cccc(N(c2ccc(-c3ccc(N(c4cccc(C=C)c4)c4cccc(-c5cccc(-c6ccccc6)c5)c4)cc3)cc2)c2cccc(-c3cccc(-c4ccccc4)c3)c2)c1. The highest BCUT2D eigenvalue weighted by molar-refractivity contribution is 5.85. The highest BCUT2D eigenvalue weighted by Crippen LogP contribution is 2.41. The van der Waals surface area contributed by atoms with Crippen LogP contribution in [0, 0.1) is 0 Å². The standard InChI is InChI=1S/C64H48N2/c1-3-47-17-11-29-61(41-47)65(63-31-15-27-57(45-63)55-25-13-23-53(43-55)49-19-7-5-8-20-49)59-37-33-51(34-38-59)52-35-39-60(40-36-52)66(62-30-12-18-48(4-2)42-62)64-32-16-28-58(46-64)56-26-14-24-54(44-56)50-21-9-6-10-22-50/h3-46H,1-2H2. The minimum absolute atomic E-state index is 1.06. The van der Waals surface area contributed by atoms with E-state index in [0.717, 1.165) is 67.5 Å². The van der Waals surface area contributed by atoms with Gasteiger partial charge in [-0.05, 0) is 152 Å². The second-order valence-corrected chi connectivity index (χ2v) is 16.4. The van der Waals surface area contributed by atoms with Crippen LogP contribution in [-0.2, 0) is 0 Å². The van der Waals surface area contributed by atoms with Crippen molar-refractivity contribution in [2.75, 3.05) is 9.80 Å². The van der Waals surface area contributed by atoms with Crippen LogP contribution in [-0.4, -0.2) is 0 Å². The first-order chi connectivity index (χ1) is 32.6. The number of benzene rings is 10. The largest absolute Gasteiger partial charge is 0.310 e. The number of hydrogen-bond acceptors (Lipinski definition) is 2. The second-order valence-electron chi connectivity index (χ2n) is 16.4. The minimum atomic E-state index is 1.06. The molecule has 10 aromatic carbocycles. The molecule has 314 valence electrons. The monoisotopic (exact) mass is 844 g/mol. The van der Waals surface area contributed by atoms with Gasteiger partial charge in [0.15, 0.2) is 0 Å². The number of nitrogens with zero attached hydrogens (tertiary/aromatic N) is 2. The molecule has 66 heavy (non-hydrogen) atoms. The van der Waals surface area contributed by atoms with E-state index in [4.69, 9.17) is 0 Å². The van der Waals surface area contributed by atoms with Crippen LogP contribution in [0.1, 0.15) is 11.1 Å². The molecule has 0 saturated carbocycles. The third-order valence-electron chi connectivity index (χ3n) is 12.1. The molecule has 0 aliphatic rings. The molecular weight excluding hydrogens is 797 g/mol. The van der Waals surface area contributed by atoms with Crippen LogP contribution >= 0.6 is 0 Å². The molecule has 0 saturated heterocycles. The van der Waals surface area contributed by atoms with Crippen LogP contribution in [0.5, 0.6) is 0 Å². The molecule has 0 spiro atoms. The maximum atomic E-state index is 4.07. The lowest BCUT2D eigenvalue weighted by Crippen LogP contribution is -2.10. The summed E-state index contributed by atoms with van der Waals surface area (Å²) in [6, 6.07) is 91.1. The molecule has 0 heterocycles. The lowest BCUT2D eigenvalue weighted by atomic mass is 9.98. The van der Waals surface area contributed by atoms with E-state index in [9.17, 15) is 0 Å². The van der Waals surface area contributed by atoms with Crippen LogP contribution in [0.4, 0.5) is 34.1 Å². The third-order valence-corrected chi connectivity index (χ3v) is 12.1. The summed E-state index contributed by atoms with van der Waals surface area (Å²) in [5.41, 5.74) is 20.3. The third kappa shape index (κ3) is 8.90. The van der Waals surface area contributed by atoms with Crippen molar-refractivity contribution in [2.45, 2.75) is 0 Å². The molecular formula is C64H48N2. The van der Waals surface area contributed by atoms with Crippen molar-refractivity contribution in [3.05, 3.63) is 279 Å². The molecule has 0 aliphatic carbocycles. The molecule has 10 rings (SSSR count). The van der Waals surface area contributed by atoms with Gasteiger partial charge in [0.05, 0.1) is 0 Å². The first-order valence-electron chi connectivity index (χ1n) is 22.4. The lowest BCUT2D eigenvalue weighted by molar-refractivity contribution is 1.28. The summed E-state index contributed by atoms with van der Waals surface area (Å²) >= 11 is 0. The summed E-state index contributed by atoms with van der Waals surface area (Å²) < 4.78 is 0. The molecule has 2 heteroatoms. The summed E-state index contributed by atoms with van der Waals surface area (Å²) in [6.45, 7) is 8.14. The van der Waals surface area contributed by atoms with E-state index in [0.29, 0.717) is 0 Å². The van der Waals surface area contributed by atoms with Crippen molar-refractivity contribution in [3.63, 3.8) is 0 Å². The summed E-state index contributed by atoms with van der Waals surface area (Å²) in [4.78, 5) is 4.65. The molecule has 0 aliphatic heterocycles. The Morgan fingerprint density at radius 3 is 0.848 bits per heavy atom. The zero-order chi connectivity index (χ0) is 44.7. The van der Waals surface area contributed by atoms with Gasteiger partial charge in [-0.3, -0.25) is 0 Å². The molecule has 0 radical (unpaired) electrons. The van der Waals surface area contributed by atoms with Crippen molar-refractivity contribution in [2.24, 2.45) is 0 Å². The Hall–Kier alpha value is -8.72. The Labute approximate surface area is 389 Å². The minimum Gasteiger partial charge on any atom is -0.310 e. The predicted molar refractivity (Wildman–Crippen MR) is 283 cm³/mol. The van der Waals surface area contributed by atoms with Crippen molar-refractivity contribution in [1.29, 1.82) is 0 Å². The van der Waals surface area contributed by atoms with E-state index in [1.807, 2.05) is 12.2 Å². The zero-order valence-corrected chi connectivity index (χ0v) is 36.7. The highest BCUT2D eigenvalue weighted by Gasteiger charge is 2.17. The first-order valence-corrected chi connectivity index (χ1v) is 22.4. The summed E-state index contributed by atoms with van der Waals surface area (Å²) in [7, 11) is 0. The Bertz CT molecular complexity index is 3050. The lowest BCUT2D eigenvalue weighted by Gasteiger charge is -2.27. The van der Waals surface area contributed by atoms with Gasteiger partial charge in [0.1, 0.15) is 0 Å². The van der Waals surface area contributed by atoms with E-state index in [2.05, 4.69) is 278 Å². The Morgan fingerprint density at radius 1 is 0.212 bits per heavy atom. The van der Waals surface area contributed by atoms with Crippen LogP contribution < -0.4 is 9.80 Å². The van der Waals surface area contributed by atoms with Gasteiger partial charge in [-0.2, -0.15) is 0 Å². The topological polar surface area (TPSA) is 6.48 Å². The molecule has 0 amide bonds. The fourth-order valence-corrected chi connectivity index (χ4v) is 8.75. The van der Waals surface area contributed by atoms with Crippen LogP contribution in [0.2, 0.25) is 0 Å². The zero-order valence-electron chi connectivity index (χ0n) is 36.7. The van der Waals surface area contributed by atoms with Gasteiger partial charge >= 0.3 is 0 Å². The Kier molecular flexibility index (Phi) is 11.9. The van der Waals surface area contributed by atoms with Gasteiger partial charge in [0.2, 0.25) is 0 Å². The van der Waals surface area contributed by atoms with E-state index in [1.54, 1.807) is 0 Å². The smallest absolute Gasteiger partial charge is 0.0467 e.